The molecule has 0 bridgehead atoms. The van der Waals surface area contributed by atoms with Crippen molar-refractivity contribution in [2.75, 3.05) is 5.32 Å². The number of anilines is 1. The summed E-state index contributed by atoms with van der Waals surface area (Å²) in [5, 5.41) is 2.69. The van der Waals surface area contributed by atoms with Crippen LogP contribution in [0.15, 0.2) is 29.1 Å². The van der Waals surface area contributed by atoms with E-state index in [0.29, 0.717) is 28.3 Å². The van der Waals surface area contributed by atoms with Crippen LogP contribution in [-0.4, -0.2) is 21.7 Å². The number of aryl methyl sites for hydroxylation is 2. The molecule has 1 aromatic heterocycles. The number of rotatable bonds is 4. The molecule has 0 radical (unpaired) electrons. The molecule has 2 aromatic rings. The Balaban J connectivity index is 2.10. The van der Waals surface area contributed by atoms with Crippen LogP contribution in [0.3, 0.4) is 0 Å². The summed E-state index contributed by atoms with van der Waals surface area (Å²) in [5.41, 5.74) is 1.75. The molecule has 114 valence electrons. The molecule has 6 nitrogen and oxygen atoms in total. The minimum Gasteiger partial charge on any atom is -0.326 e. The highest BCUT2D eigenvalue weighted by molar-refractivity contribution is 5.96. The Morgan fingerprint density at radius 2 is 1.82 bits per heavy atom. The summed E-state index contributed by atoms with van der Waals surface area (Å²) in [6.07, 6.45) is -0.0527. The lowest BCUT2D eigenvalue weighted by Crippen LogP contribution is -2.24. The predicted octanol–water partition coefficient (Wildman–Crippen LogP) is 1.77. The van der Waals surface area contributed by atoms with Crippen LogP contribution in [0.2, 0.25) is 0 Å². The van der Waals surface area contributed by atoms with Gasteiger partial charge in [0.25, 0.3) is 5.56 Å². The number of ketones is 1. The Labute approximate surface area is 127 Å². The maximum Gasteiger partial charge on any atom is 0.254 e. The first-order chi connectivity index (χ1) is 10.4. The number of hydrogen-bond donors (Lipinski definition) is 2. The van der Waals surface area contributed by atoms with Crippen molar-refractivity contribution < 1.29 is 9.59 Å². The van der Waals surface area contributed by atoms with Gasteiger partial charge in [0.15, 0.2) is 5.78 Å². The van der Waals surface area contributed by atoms with Crippen molar-refractivity contribution in [3.63, 3.8) is 0 Å². The third-order valence-electron chi connectivity index (χ3n) is 3.25. The van der Waals surface area contributed by atoms with E-state index in [-0.39, 0.29) is 23.7 Å². The monoisotopic (exact) mass is 299 g/mol. The van der Waals surface area contributed by atoms with Crippen molar-refractivity contribution in [1.82, 2.24) is 9.97 Å². The maximum absolute atomic E-state index is 12.0. The van der Waals surface area contributed by atoms with Crippen molar-refractivity contribution in [1.29, 1.82) is 0 Å². The zero-order valence-corrected chi connectivity index (χ0v) is 12.7. The van der Waals surface area contributed by atoms with Crippen molar-refractivity contribution in [2.24, 2.45) is 0 Å². The minimum absolute atomic E-state index is 0.0363. The molecule has 1 aromatic carbocycles. The Hall–Kier alpha value is -2.76. The van der Waals surface area contributed by atoms with Gasteiger partial charge in [0.1, 0.15) is 5.82 Å². The summed E-state index contributed by atoms with van der Waals surface area (Å²) < 4.78 is 0. The highest BCUT2D eigenvalue weighted by atomic mass is 16.2. The smallest absolute Gasteiger partial charge is 0.254 e. The molecule has 0 aliphatic heterocycles. The van der Waals surface area contributed by atoms with Crippen LogP contribution in [-0.2, 0) is 11.2 Å². The second-order valence-electron chi connectivity index (χ2n) is 5.07. The zero-order chi connectivity index (χ0) is 16.3. The molecule has 0 unspecified atom stereocenters. The van der Waals surface area contributed by atoms with E-state index in [1.807, 2.05) is 0 Å². The summed E-state index contributed by atoms with van der Waals surface area (Å²) in [4.78, 5) is 41.8. The molecule has 0 spiro atoms. The topological polar surface area (TPSA) is 91.9 Å². The van der Waals surface area contributed by atoms with Crippen LogP contribution < -0.4 is 10.9 Å². The molecular weight excluding hydrogens is 282 g/mol. The van der Waals surface area contributed by atoms with Crippen LogP contribution in [0.5, 0.6) is 0 Å². The minimum atomic E-state index is -0.310. The van der Waals surface area contributed by atoms with E-state index in [0.717, 1.165) is 0 Å². The Morgan fingerprint density at radius 3 is 2.36 bits per heavy atom. The number of benzene rings is 1. The molecule has 1 amide bonds. The van der Waals surface area contributed by atoms with Crippen LogP contribution in [0.25, 0.3) is 0 Å². The molecule has 0 saturated heterocycles. The van der Waals surface area contributed by atoms with Crippen LogP contribution in [0.4, 0.5) is 5.69 Å². The molecule has 0 atom stereocenters. The number of hydrogen-bond acceptors (Lipinski definition) is 4. The summed E-state index contributed by atoms with van der Waals surface area (Å²) in [5.74, 6) is 0.173. The quantitative estimate of drug-likeness (QED) is 0.842. The molecule has 0 aliphatic rings. The summed E-state index contributed by atoms with van der Waals surface area (Å²) in [7, 11) is 0. The van der Waals surface area contributed by atoms with E-state index < -0.39 is 0 Å². The number of carbonyl (C=O) groups excluding carboxylic acids is 2. The van der Waals surface area contributed by atoms with Crippen molar-refractivity contribution in [2.45, 2.75) is 27.2 Å². The number of Topliss-reactive ketones (excluding diaryl/α,β-unsaturated/α-hetero) is 1. The van der Waals surface area contributed by atoms with Crippen LogP contribution >= 0.6 is 0 Å². The number of nitrogens with one attached hydrogen (secondary N) is 2. The molecule has 0 fully saturated rings. The zero-order valence-electron chi connectivity index (χ0n) is 12.7. The number of aromatic amines is 1. The van der Waals surface area contributed by atoms with Gasteiger partial charge in [0, 0.05) is 22.5 Å². The Bertz CT molecular complexity index is 776. The summed E-state index contributed by atoms with van der Waals surface area (Å²) >= 11 is 0. The SMILES string of the molecule is CC(=O)c1ccc(NC(=O)Cc2c(C)nc(C)[nH]c2=O)cc1. The first kappa shape index (κ1) is 15.6. The molecule has 0 saturated carbocycles. The van der Waals surface area contributed by atoms with Crippen LogP contribution in [0.1, 0.15) is 34.4 Å². The van der Waals surface area contributed by atoms with Crippen molar-refractivity contribution in [3.05, 3.63) is 57.3 Å². The third kappa shape index (κ3) is 3.66. The first-order valence-electron chi connectivity index (χ1n) is 6.84. The molecule has 6 heteroatoms. The standard InChI is InChI=1S/C16H17N3O3/c1-9-14(16(22)18-11(3)17-9)8-15(21)19-13-6-4-12(5-7-13)10(2)20/h4-7H,8H2,1-3H3,(H,19,21)(H,17,18,22). The summed E-state index contributed by atoms with van der Waals surface area (Å²) in [6, 6.07) is 6.59. The second kappa shape index (κ2) is 6.34. The van der Waals surface area contributed by atoms with E-state index in [1.165, 1.54) is 6.92 Å². The van der Waals surface area contributed by atoms with Gasteiger partial charge in [-0.3, -0.25) is 14.4 Å². The van der Waals surface area contributed by atoms with Gasteiger partial charge in [0.2, 0.25) is 5.91 Å². The average molecular weight is 299 g/mol. The Kier molecular flexibility index (Phi) is 4.50. The van der Waals surface area contributed by atoms with Crippen molar-refractivity contribution >= 4 is 17.4 Å². The molecule has 0 aliphatic carbocycles. The fourth-order valence-corrected chi connectivity index (χ4v) is 2.11. The van der Waals surface area contributed by atoms with Gasteiger partial charge in [-0.15, -0.1) is 0 Å². The van der Waals surface area contributed by atoms with Gasteiger partial charge < -0.3 is 10.3 Å². The van der Waals surface area contributed by atoms with Gasteiger partial charge in [-0.25, -0.2) is 4.98 Å². The number of H-pyrrole nitrogens is 1. The van der Waals surface area contributed by atoms with Gasteiger partial charge in [-0.05, 0) is 45.0 Å². The lowest BCUT2D eigenvalue weighted by atomic mass is 10.1. The second-order valence-corrected chi connectivity index (χ2v) is 5.07. The lowest BCUT2D eigenvalue weighted by molar-refractivity contribution is -0.115. The molecule has 2 N–H and O–H groups in total. The fourth-order valence-electron chi connectivity index (χ4n) is 2.11. The van der Waals surface area contributed by atoms with Gasteiger partial charge in [0.05, 0.1) is 6.42 Å². The van der Waals surface area contributed by atoms with Gasteiger partial charge in [-0.1, -0.05) is 0 Å². The van der Waals surface area contributed by atoms with E-state index in [1.54, 1.807) is 38.1 Å². The third-order valence-corrected chi connectivity index (χ3v) is 3.25. The first-order valence-corrected chi connectivity index (χ1v) is 6.84. The van der Waals surface area contributed by atoms with Crippen molar-refractivity contribution in [3.8, 4) is 0 Å². The number of amides is 1. The van der Waals surface area contributed by atoms with E-state index in [9.17, 15) is 14.4 Å². The Morgan fingerprint density at radius 1 is 1.18 bits per heavy atom. The van der Waals surface area contributed by atoms with Crippen LogP contribution in [0, 0.1) is 13.8 Å². The van der Waals surface area contributed by atoms with Gasteiger partial charge in [-0.2, -0.15) is 0 Å². The largest absolute Gasteiger partial charge is 0.326 e. The molecule has 2 rings (SSSR count). The number of carbonyl (C=O) groups is 2. The maximum atomic E-state index is 12.0. The lowest BCUT2D eigenvalue weighted by Gasteiger charge is -2.07. The fraction of sp³-hybridized carbons (Fsp3) is 0.250. The molecule has 1 heterocycles. The predicted molar refractivity (Wildman–Crippen MR) is 83.1 cm³/mol. The number of nitrogens with zero attached hydrogens (tertiary/aromatic N) is 1. The molecule has 22 heavy (non-hydrogen) atoms. The highest BCUT2D eigenvalue weighted by Gasteiger charge is 2.12. The summed E-state index contributed by atoms with van der Waals surface area (Å²) in [6.45, 7) is 4.87. The van der Waals surface area contributed by atoms with E-state index >= 15 is 0 Å². The average Bonchev–Trinajstić information content (AvgIpc) is 2.43. The molecular formula is C16H17N3O3. The van der Waals surface area contributed by atoms with E-state index in [2.05, 4.69) is 15.3 Å². The number of aromatic nitrogens is 2. The normalized spacial score (nSPS) is 10.3. The van der Waals surface area contributed by atoms with E-state index in [4.69, 9.17) is 0 Å². The highest BCUT2D eigenvalue weighted by Crippen LogP contribution is 2.11. The van der Waals surface area contributed by atoms with Gasteiger partial charge >= 0.3 is 0 Å².